The Balaban J connectivity index is 2.20. The summed E-state index contributed by atoms with van der Waals surface area (Å²) in [7, 11) is 0. The van der Waals surface area contributed by atoms with Crippen molar-refractivity contribution in [1.29, 1.82) is 5.26 Å². The molecule has 6 heteroatoms. The molecule has 1 heterocycles. The van der Waals surface area contributed by atoms with Crippen LogP contribution in [-0.2, 0) is 6.54 Å². The second kappa shape index (κ2) is 6.57. The fourth-order valence-electron chi connectivity index (χ4n) is 1.75. The Morgan fingerprint density at radius 3 is 2.45 bits per heavy atom. The second-order valence-corrected chi connectivity index (χ2v) is 4.13. The largest absolute Gasteiger partial charge is 0.345 e. The number of anilines is 1. The molecule has 0 saturated heterocycles. The minimum absolute atomic E-state index is 0.158. The van der Waals surface area contributed by atoms with Crippen LogP contribution in [0.4, 0.5) is 14.6 Å². The van der Waals surface area contributed by atoms with E-state index in [2.05, 4.69) is 9.97 Å². The number of aromatic nitrogens is 2. The molecule has 0 aliphatic rings. The van der Waals surface area contributed by atoms with Gasteiger partial charge in [-0.3, -0.25) is 0 Å². The van der Waals surface area contributed by atoms with Crippen LogP contribution in [0.25, 0.3) is 0 Å². The van der Waals surface area contributed by atoms with Crippen LogP contribution in [-0.4, -0.2) is 22.9 Å². The predicted octanol–water partition coefficient (Wildman–Crippen LogP) is 2.62. The summed E-state index contributed by atoms with van der Waals surface area (Å²) in [5, 5.41) is 8.66. The number of rotatable bonds is 5. The zero-order valence-corrected chi connectivity index (χ0v) is 10.6. The molecular formula is C14H12F2N4. The summed E-state index contributed by atoms with van der Waals surface area (Å²) in [5.41, 5.74) is 1.06. The third-order valence-electron chi connectivity index (χ3n) is 2.65. The van der Waals surface area contributed by atoms with E-state index in [-0.39, 0.29) is 5.69 Å². The van der Waals surface area contributed by atoms with Crippen molar-refractivity contribution in [2.45, 2.75) is 13.0 Å². The minimum Gasteiger partial charge on any atom is -0.345 e. The Morgan fingerprint density at radius 1 is 1.15 bits per heavy atom. The van der Waals surface area contributed by atoms with Gasteiger partial charge in [-0.25, -0.2) is 18.7 Å². The lowest BCUT2D eigenvalue weighted by atomic mass is 10.2. The Labute approximate surface area is 115 Å². The van der Waals surface area contributed by atoms with Crippen molar-refractivity contribution in [3.05, 3.63) is 54.0 Å². The fourth-order valence-corrected chi connectivity index (χ4v) is 1.75. The van der Waals surface area contributed by atoms with Crippen LogP contribution >= 0.6 is 0 Å². The lowest BCUT2D eigenvalue weighted by Crippen LogP contribution is -2.29. The van der Waals surface area contributed by atoms with E-state index in [1.54, 1.807) is 0 Å². The maximum atomic E-state index is 12.7. The van der Waals surface area contributed by atoms with Gasteiger partial charge in [0, 0.05) is 6.54 Å². The Kier molecular flexibility index (Phi) is 4.56. The van der Waals surface area contributed by atoms with Gasteiger partial charge in [0.05, 0.1) is 18.9 Å². The molecule has 1 aromatic carbocycles. The highest BCUT2D eigenvalue weighted by atomic mass is 19.3. The molecule has 2 aromatic rings. The smallest absolute Gasteiger partial charge is 0.255 e. The summed E-state index contributed by atoms with van der Waals surface area (Å²) in [5.74, 6) is 0.327. The van der Waals surface area contributed by atoms with Gasteiger partial charge in [0.2, 0.25) is 0 Å². The summed E-state index contributed by atoms with van der Waals surface area (Å²) in [4.78, 5) is 9.30. The molecule has 4 nitrogen and oxygen atoms in total. The van der Waals surface area contributed by atoms with Crippen molar-refractivity contribution >= 4 is 5.82 Å². The van der Waals surface area contributed by atoms with Gasteiger partial charge in [0.15, 0.2) is 5.69 Å². The molecule has 2 rings (SSSR count). The zero-order chi connectivity index (χ0) is 14.4. The van der Waals surface area contributed by atoms with E-state index in [0.29, 0.717) is 12.4 Å². The van der Waals surface area contributed by atoms with Crippen LogP contribution in [0.5, 0.6) is 0 Å². The van der Waals surface area contributed by atoms with Crippen molar-refractivity contribution in [3.63, 3.8) is 0 Å². The lowest BCUT2D eigenvalue weighted by molar-refractivity contribution is 0.154. The Morgan fingerprint density at radius 2 is 1.90 bits per heavy atom. The molecule has 0 saturated carbocycles. The number of halogens is 2. The lowest BCUT2D eigenvalue weighted by Gasteiger charge is -2.23. The van der Waals surface area contributed by atoms with Gasteiger partial charge < -0.3 is 4.90 Å². The van der Waals surface area contributed by atoms with Crippen LogP contribution in [0.15, 0.2) is 42.7 Å². The van der Waals surface area contributed by atoms with Gasteiger partial charge in [0.1, 0.15) is 11.9 Å². The van der Waals surface area contributed by atoms with Crippen molar-refractivity contribution < 1.29 is 8.78 Å². The average molecular weight is 274 g/mol. The van der Waals surface area contributed by atoms with E-state index in [1.807, 2.05) is 36.4 Å². The maximum absolute atomic E-state index is 12.7. The van der Waals surface area contributed by atoms with Crippen LogP contribution < -0.4 is 4.90 Å². The van der Waals surface area contributed by atoms with Crippen LogP contribution in [0, 0.1) is 11.3 Å². The summed E-state index contributed by atoms with van der Waals surface area (Å²) in [6.07, 6.45) is 0.138. The molecule has 20 heavy (non-hydrogen) atoms. The van der Waals surface area contributed by atoms with Crippen LogP contribution in [0.3, 0.4) is 0 Å². The topological polar surface area (TPSA) is 52.8 Å². The molecule has 1 aromatic heterocycles. The zero-order valence-electron chi connectivity index (χ0n) is 10.6. The second-order valence-electron chi connectivity index (χ2n) is 4.13. The molecular weight excluding hydrogens is 262 g/mol. The highest BCUT2D eigenvalue weighted by molar-refractivity contribution is 5.38. The molecule has 0 atom stereocenters. The third kappa shape index (κ3) is 3.72. The van der Waals surface area contributed by atoms with E-state index in [1.165, 1.54) is 17.3 Å². The highest BCUT2D eigenvalue weighted by Gasteiger charge is 2.15. The third-order valence-corrected chi connectivity index (χ3v) is 2.65. The Hall–Kier alpha value is -2.55. The summed E-state index contributed by atoms with van der Waals surface area (Å²) in [6, 6.07) is 11.1. The SMILES string of the molecule is N#Cc1cnc(N(Cc2ccccc2)CC(F)F)cn1. The molecule has 102 valence electrons. The van der Waals surface area contributed by atoms with E-state index >= 15 is 0 Å². The van der Waals surface area contributed by atoms with Gasteiger partial charge in [-0.15, -0.1) is 0 Å². The van der Waals surface area contributed by atoms with E-state index < -0.39 is 13.0 Å². The summed E-state index contributed by atoms with van der Waals surface area (Å²) >= 11 is 0. The van der Waals surface area contributed by atoms with Crippen molar-refractivity contribution in [1.82, 2.24) is 9.97 Å². The molecule has 0 fully saturated rings. The number of nitriles is 1. The first kappa shape index (κ1) is 13.9. The van der Waals surface area contributed by atoms with Gasteiger partial charge >= 0.3 is 0 Å². The standard InChI is InChI=1S/C14H12F2N4/c15-13(16)10-20(9-11-4-2-1-3-5-11)14-8-18-12(6-17)7-19-14/h1-5,7-8,13H,9-10H2. The van der Waals surface area contributed by atoms with E-state index in [4.69, 9.17) is 5.26 Å². The molecule has 0 radical (unpaired) electrons. The van der Waals surface area contributed by atoms with E-state index in [0.717, 1.165) is 5.56 Å². The molecule has 0 aliphatic carbocycles. The number of hydrogen-bond acceptors (Lipinski definition) is 4. The van der Waals surface area contributed by atoms with Crippen molar-refractivity contribution in [2.75, 3.05) is 11.4 Å². The first-order valence-electron chi connectivity index (χ1n) is 5.98. The minimum atomic E-state index is -2.48. The predicted molar refractivity (Wildman–Crippen MR) is 70.2 cm³/mol. The normalized spacial score (nSPS) is 10.3. The molecule has 0 amide bonds. The average Bonchev–Trinajstić information content (AvgIpc) is 2.47. The summed E-state index contributed by atoms with van der Waals surface area (Å²) in [6.45, 7) is -0.124. The van der Waals surface area contributed by atoms with Gasteiger partial charge in [0.25, 0.3) is 6.43 Å². The molecule has 0 N–H and O–H groups in total. The number of alkyl halides is 2. The molecule has 0 unspecified atom stereocenters. The van der Waals surface area contributed by atoms with Crippen LogP contribution in [0.1, 0.15) is 11.3 Å². The quantitative estimate of drug-likeness (QED) is 0.841. The van der Waals surface area contributed by atoms with Gasteiger partial charge in [-0.1, -0.05) is 30.3 Å². The Bertz CT molecular complexity index is 578. The van der Waals surface area contributed by atoms with Crippen LogP contribution in [0.2, 0.25) is 0 Å². The number of nitrogens with zero attached hydrogens (tertiary/aromatic N) is 4. The van der Waals surface area contributed by atoms with Crippen molar-refractivity contribution in [2.24, 2.45) is 0 Å². The molecule has 0 aliphatic heterocycles. The number of benzene rings is 1. The first-order valence-corrected chi connectivity index (χ1v) is 5.98. The number of hydrogen-bond donors (Lipinski definition) is 0. The monoisotopic (exact) mass is 274 g/mol. The molecule has 0 spiro atoms. The fraction of sp³-hybridized carbons (Fsp3) is 0.214. The maximum Gasteiger partial charge on any atom is 0.255 e. The van der Waals surface area contributed by atoms with Gasteiger partial charge in [-0.2, -0.15) is 5.26 Å². The summed E-state index contributed by atoms with van der Waals surface area (Å²) < 4.78 is 25.4. The van der Waals surface area contributed by atoms with Crippen molar-refractivity contribution in [3.8, 4) is 6.07 Å². The highest BCUT2D eigenvalue weighted by Crippen LogP contribution is 2.15. The molecule has 0 bridgehead atoms. The van der Waals surface area contributed by atoms with E-state index in [9.17, 15) is 8.78 Å². The van der Waals surface area contributed by atoms with Gasteiger partial charge in [-0.05, 0) is 5.56 Å². The first-order chi connectivity index (χ1) is 9.69.